The number of hydrogen-bond acceptors (Lipinski definition) is 6. The Balaban J connectivity index is 1.84. The van der Waals surface area contributed by atoms with Gasteiger partial charge < -0.3 is 23.7 Å². The summed E-state index contributed by atoms with van der Waals surface area (Å²) in [5.41, 5.74) is 3.48. The number of aryl methyl sites for hydroxylation is 2. The summed E-state index contributed by atoms with van der Waals surface area (Å²) in [6.45, 7) is 10.2. The summed E-state index contributed by atoms with van der Waals surface area (Å²) >= 11 is 0. The van der Waals surface area contributed by atoms with E-state index in [0.29, 0.717) is 54.3 Å². The van der Waals surface area contributed by atoms with Gasteiger partial charge in [0.05, 0.1) is 30.2 Å². The van der Waals surface area contributed by atoms with E-state index in [1.165, 1.54) is 0 Å². The molecule has 2 aromatic carbocycles. The number of unbranched alkanes of at least 4 members (excludes halogenated alkanes) is 2. The second-order valence-electron chi connectivity index (χ2n) is 10.0. The van der Waals surface area contributed by atoms with E-state index in [1.807, 2.05) is 70.1 Å². The highest BCUT2D eigenvalue weighted by molar-refractivity contribution is 5.99. The maximum absolute atomic E-state index is 13.9. The van der Waals surface area contributed by atoms with Crippen LogP contribution in [0.25, 0.3) is 11.0 Å². The second kappa shape index (κ2) is 11.4. The molecule has 37 heavy (non-hydrogen) atoms. The van der Waals surface area contributed by atoms with Crippen LogP contribution in [0.2, 0.25) is 0 Å². The molecule has 0 saturated carbocycles. The quantitative estimate of drug-likeness (QED) is 0.321. The molecule has 3 aromatic rings. The van der Waals surface area contributed by atoms with E-state index in [1.54, 1.807) is 4.90 Å². The van der Waals surface area contributed by atoms with Crippen LogP contribution in [0.4, 0.5) is 0 Å². The Morgan fingerprint density at radius 1 is 0.973 bits per heavy atom. The van der Waals surface area contributed by atoms with E-state index >= 15 is 0 Å². The summed E-state index contributed by atoms with van der Waals surface area (Å²) < 4.78 is 18.1. The standard InChI is InChI=1S/C30H38N2O5/c1-7-9-10-15-36-23-12-11-21(18-25(23)35-8-2)27-26-28(33)22-16-19(3)20(4)17-24(22)37-29(26)30(34)32(27)14-13-31(5)6/h11-12,16-18,27H,7-10,13-15H2,1-6H3. The predicted molar refractivity (Wildman–Crippen MR) is 146 cm³/mol. The van der Waals surface area contributed by atoms with Crippen LogP contribution in [0.1, 0.15) is 72.0 Å². The Kier molecular flexibility index (Phi) is 8.22. The van der Waals surface area contributed by atoms with Crippen LogP contribution in [-0.2, 0) is 0 Å². The van der Waals surface area contributed by atoms with E-state index in [0.717, 1.165) is 36.0 Å². The highest BCUT2D eigenvalue weighted by atomic mass is 16.5. The van der Waals surface area contributed by atoms with Gasteiger partial charge in [0.2, 0.25) is 5.76 Å². The molecule has 198 valence electrons. The number of carbonyl (C=O) groups excluding carboxylic acids is 1. The van der Waals surface area contributed by atoms with Gasteiger partial charge in [0.25, 0.3) is 5.91 Å². The smallest absolute Gasteiger partial charge is 0.290 e. The van der Waals surface area contributed by atoms with Crippen molar-refractivity contribution in [3.8, 4) is 11.5 Å². The van der Waals surface area contributed by atoms with Crippen molar-refractivity contribution in [3.05, 3.63) is 68.6 Å². The van der Waals surface area contributed by atoms with E-state index in [4.69, 9.17) is 13.9 Å². The van der Waals surface area contributed by atoms with Crippen molar-refractivity contribution in [2.24, 2.45) is 0 Å². The summed E-state index contributed by atoms with van der Waals surface area (Å²) in [5.74, 6) is 1.14. The van der Waals surface area contributed by atoms with Gasteiger partial charge in [-0.25, -0.2) is 0 Å². The first kappa shape index (κ1) is 26.7. The SMILES string of the molecule is CCCCCOc1ccc(C2c3c(oc4cc(C)c(C)cc4c3=O)C(=O)N2CCN(C)C)cc1OCC. The molecule has 1 atom stereocenters. The molecule has 1 aliphatic heterocycles. The highest BCUT2D eigenvalue weighted by Crippen LogP contribution is 2.41. The summed E-state index contributed by atoms with van der Waals surface area (Å²) in [7, 11) is 3.92. The Hall–Kier alpha value is -3.32. The monoisotopic (exact) mass is 506 g/mol. The lowest BCUT2D eigenvalue weighted by Crippen LogP contribution is -2.35. The number of ether oxygens (including phenoxy) is 2. The van der Waals surface area contributed by atoms with Crippen molar-refractivity contribution in [1.82, 2.24) is 9.80 Å². The summed E-state index contributed by atoms with van der Waals surface area (Å²) in [6.07, 6.45) is 3.20. The summed E-state index contributed by atoms with van der Waals surface area (Å²) in [6, 6.07) is 8.84. The van der Waals surface area contributed by atoms with Crippen LogP contribution in [0, 0.1) is 13.8 Å². The van der Waals surface area contributed by atoms with Crippen molar-refractivity contribution in [1.29, 1.82) is 0 Å². The lowest BCUT2D eigenvalue weighted by Gasteiger charge is -2.27. The number of amides is 1. The molecule has 0 aliphatic carbocycles. The first-order chi connectivity index (χ1) is 17.8. The fourth-order valence-electron chi connectivity index (χ4n) is 4.78. The number of benzene rings is 2. The Bertz CT molecular complexity index is 1340. The minimum Gasteiger partial charge on any atom is -0.490 e. The maximum Gasteiger partial charge on any atom is 0.290 e. The number of carbonyl (C=O) groups is 1. The van der Waals surface area contributed by atoms with Crippen LogP contribution in [0.15, 0.2) is 39.5 Å². The summed E-state index contributed by atoms with van der Waals surface area (Å²) in [5, 5.41) is 0.495. The maximum atomic E-state index is 13.9. The van der Waals surface area contributed by atoms with Crippen molar-refractivity contribution in [3.63, 3.8) is 0 Å². The van der Waals surface area contributed by atoms with Crippen LogP contribution in [-0.4, -0.2) is 56.1 Å². The number of likely N-dealkylation sites (N-methyl/N-ethyl adjacent to an activating group) is 1. The average Bonchev–Trinajstić information content (AvgIpc) is 3.14. The highest BCUT2D eigenvalue weighted by Gasteiger charge is 2.42. The third kappa shape index (κ3) is 5.37. The van der Waals surface area contributed by atoms with Crippen LogP contribution >= 0.6 is 0 Å². The molecule has 0 saturated heterocycles. The Labute approximate surface area is 219 Å². The van der Waals surface area contributed by atoms with Gasteiger partial charge in [-0.2, -0.15) is 0 Å². The molecule has 0 N–H and O–H groups in total. The molecule has 4 rings (SSSR count). The minimum atomic E-state index is -0.571. The van der Waals surface area contributed by atoms with Gasteiger partial charge in [0.1, 0.15) is 5.58 Å². The predicted octanol–water partition coefficient (Wildman–Crippen LogP) is 5.48. The zero-order valence-electron chi connectivity index (χ0n) is 22.8. The normalized spacial score (nSPS) is 15.1. The van der Waals surface area contributed by atoms with Crippen LogP contribution in [0.5, 0.6) is 11.5 Å². The van der Waals surface area contributed by atoms with Crippen molar-refractivity contribution in [2.75, 3.05) is 40.4 Å². The topological polar surface area (TPSA) is 72.2 Å². The number of hydrogen-bond donors (Lipinski definition) is 0. The largest absolute Gasteiger partial charge is 0.490 e. The first-order valence-electron chi connectivity index (χ1n) is 13.2. The van der Waals surface area contributed by atoms with E-state index in [-0.39, 0.29) is 17.1 Å². The third-order valence-corrected chi connectivity index (χ3v) is 6.96. The number of rotatable bonds is 11. The molecule has 0 fully saturated rings. The van der Waals surface area contributed by atoms with Crippen molar-refractivity contribution >= 4 is 16.9 Å². The first-order valence-corrected chi connectivity index (χ1v) is 13.2. The molecule has 1 amide bonds. The molecule has 7 nitrogen and oxygen atoms in total. The van der Waals surface area contributed by atoms with E-state index < -0.39 is 6.04 Å². The molecular formula is C30H38N2O5. The van der Waals surface area contributed by atoms with Gasteiger partial charge >= 0.3 is 0 Å². The van der Waals surface area contributed by atoms with Gasteiger partial charge in [-0.1, -0.05) is 25.8 Å². The lowest BCUT2D eigenvalue weighted by molar-refractivity contribution is 0.0716. The van der Waals surface area contributed by atoms with Gasteiger partial charge in [-0.3, -0.25) is 9.59 Å². The molecular weight excluding hydrogens is 468 g/mol. The zero-order valence-corrected chi connectivity index (χ0v) is 22.8. The average molecular weight is 507 g/mol. The molecule has 1 aliphatic rings. The zero-order chi connectivity index (χ0) is 26.7. The van der Waals surface area contributed by atoms with Gasteiger partial charge in [0, 0.05) is 13.1 Å². The van der Waals surface area contributed by atoms with Gasteiger partial charge in [-0.15, -0.1) is 0 Å². The molecule has 1 aromatic heterocycles. The Morgan fingerprint density at radius 3 is 2.43 bits per heavy atom. The summed E-state index contributed by atoms with van der Waals surface area (Å²) in [4.78, 5) is 31.3. The van der Waals surface area contributed by atoms with Gasteiger partial charge in [0.15, 0.2) is 16.9 Å². The van der Waals surface area contributed by atoms with E-state index in [2.05, 4.69) is 6.92 Å². The molecule has 7 heteroatoms. The van der Waals surface area contributed by atoms with Crippen LogP contribution in [0.3, 0.4) is 0 Å². The lowest BCUT2D eigenvalue weighted by atomic mass is 9.97. The van der Waals surface area contributed by atoms with E-state index in [9.17, 15) is 9.59 Å². The van der Waals surface area contributed by atoms with Crippen molar-refractivity contribution in [2.45, 2.75) is 53.0 Å². The molecule has 0 bridgehead atoms. The Morgan fingerprint density at radius 2 is 1.73 bits per heavy atom. The third-order valence-electron chi connectivity index (χ3n) is 6.96. The second-order valence-corrected chi connectivity index (χ2v) is 10.0. The molecule has 0 spiro atoms. The fourth-order valence-corrected chi connectivity index (χ4v) is 4.78. The number of nitrogens with zero attached hydrogens (tertiary/aromatic N) is 2. The number of fused-ring (bicyclic) bond motifs is 2. The van der Waals surface area contributed by atoms with Crippen molar-refractivity contribution < 1.29 is 18.7 Å². The molecule has 0 radical (unpaired) electrons. The van der Waals surface area contributed by atoms with Crippen LogP contribution < -0.4 is 14.9 Å². The van der Waals surface area contributed by atoms with Gasteiger partial charge in [-0.05, 0) is 82.2 Å². The molecule has 1 unspecified atom stereocenters. The fraction of sp³-hybridized carbons (Fsp3) is 0.467. The molecule has 2 heterocycles. The minimum absolute atomic E-state index is 0.127.